The molecular weight excluding hydrogens is 312 g/mol. The summed E-state index contributed by atoms with van der Waals surface area (Å²) in [5.74, 6) is 0. The fourth-order valence-corrected chi connectivity index (χ4v) is 3.32. The van der Waals surface area contributed by atoms with Crippen molar-refractivity contribution in [2.45, 2.75) is 6.92 Å². The second kappa shape index (κ2) is 5.70. The Bertz CT molecular complexity index is 837. The van der Waals surface area contributed by atoms with Crippen LogP contribution in [-0.2, 0) is 0 Å². The number of nitrogens with zero attached hydrogens (tertiary/aromatic N) is 6. The summed E-state index contributed by atoms with van der Waals surface area (Å²) >= 11 is 6.31. The Morgan fingerprint density at radius 1 is 1.00 bits per heavy atom. The van der Waals surface area contributed by atoms with Crippen molar-refractivity contribution in [2.75, 3.05) is 36.0 Å². The summed E-state index contributed by atoms with van der Waals surface area (Å²) in [5.41, 5.74) is 3.96. The van der Waals surface area contributed by atoms with Gasteiger partial charge in [0.1, 0.15) is 6.33 Å². The quantitative estimate of drug-likeness (QED) is 0.723. The van der Waals surface area contributed by atoms with Crippen molar-refractivity contribution in [2.24, 2.45) is 0 Å². The summed E-state index contributed by atoms with van der Waals surface area (Å²) in [4.78, 5) is 4.67. The highest BCUT2D eigenvalue weighted by atomic mass is 35.5. The first kappa shape index (κ1) is 14.3. The Hall–Kier alpha value is -2.34. The van der Waals surface area contributed by atoms with Crippen LogP contribution in [0.1, 0.15) is 5.69 Å². The van der Waals surface area contributed by atoms with Crippen LogP contribution in [0.3, 0.4) is 0 Å². The van der Waals surface area contributed by atoms with Gasteiger partial charge in [0.15, 0.2) is 0 Å². The number of hydrogen-bond acceptors (Lipinski definition) is 5. The molecule has 0 amide bonds. The highest BCUT2D eigenvalue weighted by molar-refractivity contribution is 6.33. The molecule has 1 saturated heterocycles. The molecule has 0 radical (unpaired) electrons. The minimum atomic E-state index is 0.806. The minimum absolute atomic E-state index is 0.806. The molecule has 0 saturated carbocycles. The number of aryl methyl sites for hydroxylation is 1. The van der Waals surface area contributed by atoms with E-state index < -0.39 is 0 Å². The largest absolute Gasteiger partial charge is 0.367 e. The van der Waals surface area contributed by atoms with E-state index in [0.717, 1.165) is 53.9 Å². The zero-order valence-corrected chi connectivity index (χ0v) is 13.6. The van der Waals surface area contributed by atoms with Crippen LogP contribution in [0.4, 0.5) is 11.4 Å². The number of halogens is 1. The molecule has 3 heterocycles. The van der Waals surface area contributed by atoms with E-state index >= 15 is 0 Å². The van der Waals surface area contributed by atoms with Gasteiger partial charge in [-0.1, -0.05) is 23.7 Å². The molecule has 1 aliphatic rings. The van der Waals surface area contributed by atoms with Crippen LogP contribution in [0.15, 0.2) is 36.7 Å². The van der Waals surface area contributed by atoms with Gasteiger partial charge in [-0.25, -0.2) is 0 Å². The molecule has 3 aromatic rings. The van der Waals surface area contributed by atoms with E-state index in [-0.39, 0.29) is 0 Å². The van der Waals surface area contributed by atoms with E-state index in [1.54, 1.807) is 10.8 Å². The molecular formula is C16H17ClN6. The third kappa shape index (κ3) is 2.59. The highest BCUT2D eigenvalue weighted by Gasteiger charge is 2.21. The summed E-state index contributed by atoms with van der Waals surface area (Å²) in [6, 6.07) is 10.1. The molecule has 0 bridgehead atoms. The summed E-state index contributed by atoms with van der Waals surface area (Å²) in [7, 11) is 0. The Labute approximate surface area is 139 Å². The van der Waals surface area contributed by atoms with Gasteiger partial charge in [-0.05, 0) is 25.1 Å². The topological polar surface area (TPSA) is 49.6 Å². The number of hydrogen-bond donors (Lipinski definition) is 0. The average molecular weight is 329 g/mol. The van der Waals surface area contributed by atoms with Crippen LogP contribution >= 0.6 is 11.6 Å². The van der Waals surface area contributed by atoms with E-state index in [9.17, 15) is 0 Å². The van der Waals surface area contributed by atoms with Crippen molar-refractivity contribution in [3.8, 4) is 0 Å². The highest BCUT2D eigenvalue weighted by Crippen LogP contribution is 2.28. The smallest absolute Gasteiger partial charge is 0.200 e. The van der Waals surface area contributed by atoms with E-state index in [2.05, 4.69) is 37.2 Å². The maximum Gasteiger partial charge on any atom is 0.200 e. The zero-order chi connectivity index (χ0) is 15.8. The van der Waals surface area contributed by atoms with Gasteiger partial charge < -0.3 is 9.80 Å². The molecule has 0 N–H and O–H groups in total. The zero-order valence-electron chi connectivity index (χ0n) is 12.9. The van der Waals surface area contributed by atoms with Crippen molar-refractivity contribution < 1.29 is 0 Å². The van der Waals surface area contributed by atoms with Crippen molar-refractivity contribution in [1.29, 1.82) is 0 Å². The van der Waals surface area contributed by atoms with E-state index in [4.69, 9.17) is 11.6 Å². The number of fused-ring (bicyclic) bond motifs is 1. The number of aromatic nitrogens is 4. The number of anilines is 2. The lowest BCUT2D eigenvalue weighted by molar-refractivity contribution is 0.652. The van der Waals surface area contributed by atoms with Gasteiger partial charge in [0.05, 0.1) is 22.1 Å². The Balaban J connectivity index is 1.57. The molecule has 1 fully saturated rings. The normalized spacial score (nSPS) is 15.4. The maximum absolute atomic E-state index is 6.31. The lowest BCUT2D eigenvalue weighted by atomic mass is 10.2. The monoisotopic (exact) mass is 328 g/mol. The summed E-state index contributed by atoms with van der Waals surface area (Å²) < 4.78 is 1.74. The van der Waals surface area contributed by atoms with Crippen LogP contribution in [-0.4, -0.2) is 46.0 Å². The number of para-hydroxylation sites is 1. The van der Waals surface area contributed by atoms with E-state index in [1.807, 2.05) is 25.1 Å². The number of benzene rings is 1. The van der Waals surface area contributed by atoms with Gasteiger partial charge in [-0.2, -0.15) is 9.61 Å². The second-order valence-electron chi connectivity index (χ2n) is 5.70. The van der Waals surface area contributed by atoms with Gasteiger partial charge in [0, 0.05) is 26.2 Å². The van der Waals surface area contributed by atoms with Crippen LogP contribution in [0.2, 0.25) is 5.02 Å². The van der Waals surface area contributed by atoms with Crippen molar-refractivity contribution in [3.05, 3.63) is 47.4 Å². The molecule has 7 heteroatoms. The molecule has 23 heavy (non-hydrogen) atoms. The van der Waals surface area contributed by atoms with Crippen LogP contribution < -0.4 is 9.80 Å². The van der Waals surface area contributed by atoms with Gasteiger partial charge in [0.2, 0.25) is 5.65 Å². The molecule has 118 valence electrons. The number of piperazine rings is 1. The van der Waals surface area contributed by atoms with Crippen molar-refractivity contribution >= 4 is 28.6 Å². The third-order valence-electron chi connectivity index (χ3n) is 4.18. The van der Waals surface area contributed by atoms with Gasteiger partial charge in [0.25, 0.3) is 0 Å². The Morgan fingerprint density at radius 2 is 1.70 bits per heavy atom. The van der Waals surface area contributed by atoms with Crippen LogP contribution in [0, 0.1) is 6.92 Å². The van der Waals surface area contributed by atoms with Gasteiger partial charge >= 0.3 is 0 Å². The van der Waals surface area contributed by atoms with Gasteiger partial charge in [-0.15, -0.1) is 10.2 Å². The maximum atomic E-state index is 6.31. The first-order chi connectivity index (χ1) is 11.2. The summed E-state index contributed by atoms with van der Waals surface area (Å²) in [6.07, 6.45) is 1.64. The molecule has 0 spiro atoms. The SMILES string of the molecule is Cc1cc(N2CCN(c3ccccc3Cl)CC2)c2nncn2n1. The first-order valence-electron chi connectivity index (χ1n) is 7.64. The Kier molecular flexibility index (Phi) is 3.53. The molecule has 0 unspecified atom stereocenters. The van der Waals surface area contributed by atoms with E-state index in [1.165, 1.54) is 0 Å². The third-order valence-corrected chi connectivity index (χ3v) is 4.50. The average Bonchev–Trinajstić information content (AvgIpc) is 3.03. The predicted molar refractivity (Wildman–Crippen MR) is 91.4 cm³/mol. The lowest BCUT2D eigenvalue weighted by Crippen LogP contribution is -2.46. The fourth-order valence-electron chi connectivity index (χ4n) is 3.06. The molecule has 4 rings (SSSR count). The molecule has 6 nitrogen and oxygen atoms in total. The standard InChI is InChI=1S/C16H17ClN6/c1-12-10-15(16-19-18-11-23(16)20-12)22-8-6-21(7-9-22)14-5-3-2-4-13(14)17/h2-5,10-11H,6-9H2,1H3. The van der Waals surface area contributed by atoms with Crippen LogP contribution in [0.25, 0.3) is 5.65 Å². The van der Waals surface area contributed by atoms with Gasteiger partial charge in [-0.3, -0.25) is 0 Å². The van der Waals surface area contributed by atoms with Crippen molar-refractivity contribution in [1.82, 2.24) is 19.8 Å². The van der Waals surface area contributed by atoms with E-state index in [0.29, 0.717) is 0 Å². The predicted octanol–water partition coefficient (Wildman–Crippen LogP) is 2.41. The van der Waals surface area contributed by atoms with Crippen LogP contribution in [0.5, 0.6) is 0 Å². The summed E-state index contributed by atoms with van der Waals surface area (Å²) in [5, 5.41) is 13.4. The van der Waals surface area contributed by atoms with Crippen molar-refractivity contribution in [3.63, 3.8) is 0 Å². The summed E-state index contributed by atoms with van der Waals surface area (Å²) in [6.45, 7) is 5.66. The Morgan fingerprint density at radius 3 is 2.43 bits per heavy atom. The molecule has 2 aromatic heterocycles. The fraction of sp³-hybridized carbons (Fsp3) is 0.312. The first-order valence-corrected chi connectivity index (χ1v) is 8.02. The molecule has 1 aliphatic heterocycles. The number of rotatable bonds is 2. The lowest BCUT2D eigenvalue weighted by Gasteiger charge is -2.37. The minimum Gasteiger partial charge on any atom is -0.367 e. The molecule has 0 atom stereocenters. The molecule has 0 aliphatic carbocycles. The molecule has 1 aromatic carbocycles. The second-order valence-corrected chi connectivity index (χ2v) is 6.10.